The smallest absolute Gasteiger partial charge is 0.101 e. The minimum Gasteiger partial charge on any atom is -0.248 e. The summed E-state index contributed by atoms with van der Waals surface area (Å²) in [5.41, 5.74) is 13.9. The molecule has 0 aliphatic rings. The van der Waals surface area contributed by atoms with E-state index in [0.29, 0.717) is 0 Å². The van der Waals surface area contributed by atoms with Crippen molar-refractivity contribution in [3.05, 3.63) is 188 Å². The van der Waals surface area contributed by atoms with E-state index in [1.807, 2.05) is 12.1 Å². The lowest BCUT2D eigenvalue weighted by Crippen LogP contribution is -1.97. The van der Waals surface area contributed by atoms with Crippen molar-refractivity contribution in [3.63, 3.8) is 0 Å². The van der Waals surface area contributed by atoms with E-state index in [0.717, 1.165) is 83.6 Å². The van der Waals surface area contributed by atoms with Crippen LogP contribution >= 0.6 is 0 Å². The van der Waals surface area contributed by atoms with Gasteiger partial charge in [-0.2, -0.15) is 5.10 Å². The van der Waals surface area contributed by atoms with Crippen molar-refractivity contribution in [2.75, 3.05) is 0 Å². The zero-order valence-corrected chi connectivity index (χ0v) is 26.7. The molecule has 0 amide bonds. The predicted octanol–water partition coefficient (Wildman–Crippen LogP) is 11.9. The molecule has 0 radical (unpaired) electrons. The van der Waals surface area contributed by atoms with Crippen LogP contribution in [0.15, 0.2) is 188 Å². The Hall–Kier alpha value is -6.58. The molecule has 0 spiro atoms. The van der Waals surface area contributed by atoms with Crippen LogP contribution in [0.2, 0.25) is 0 Å². The molecule has 0 bridgehead atoms. The summed E-state index contributed by atoms with van der Waals surface area (Å²) in [4.78, 5) is 5.17. The zero-order chi connectivity index (χ0) is 32.6. The number of rotatable bonds is 6. The second-order valence-corrected chi connectivity index (χ2v) is 12.2. The van der Waals surface area contributed by atoms with Gasteiger partial charge in [0, 0.05) is 33.2 Å². The summed E-state index contributed by atoms with van der Waals surface area (Å²) in [5, 5.41) is 7.71. The third-order valence-corrected chi connectivity index (χ3v) is 9.21. The van der Waals surface area contributed by atoms with Gasteiger partial charge < -0.3 is 0 Å². The molecular formula is C46H31N3. The summed E-state index contributed by atoms with van der Waals surface area (Å²) < 4.78 is 2.16. The number of nitrogens with zero attached hydrogens (tertiary/aromatic N) is 3. The van der Waals surface area contributed by atoms with Gasteiger partial charge in [-0.05, 0) is 40.3 Å². The van der Waals surface area contributed by atoms with Gasteiger partial charge in [-0.15, -0.1) is 0 Å². The van der Waals surface area contributed by atoms with Gasteiger partial charge >= 0.3 is 0 Å². The van der Waals surface area contributed by atoms with Crippen molar-refractivity contribution in [1.82, 2.24) is 14.6 Å². The van der Waals surface area contributed by atoms with E-state index in [1.54, 1.807) is 0 Å². The summed E-state index contributed by atoms with van der Waals surface area (Å²) in [6.45, 7) is 0. The SMILES string of the molecule is c1ccc(-c2cc(-c3cccc4c3cc(-c3ccccc3)n3nc(-c5ccccc5)c(-c5ccccc5)c43)cc(-c3ccccc3)n2)cc1. The van der Waals surface area contributed by atoms with Gasteiger partial charge in [0.2, 0.25) is 0 Å². The van der Waals surface area contributed by atoms with Crippen molar-refractivity contribution in [3.8, 4) is 67.3 Å². The second kappa shape index (κ2) is 12.2. The Morgan fingerprint density at radius 2 is 0.857 bits per heavy atom. The molecule has 9 rings (SSSR count). The maximum Gasteiger partial charge on any atom is 0.101 e. The summed E-state index contributed by atoms with van der Waals surface area (Å²) in [6, 6.07) is 66.1. The third kappa shape index (κ3) is 5.18. The van der Waals surface area contributed by atoms with Gasteiger partial charge in [0.1, 0.15) is 5.69 Å². The topological polar surface area (TPSA) is 30.2 Å². The first-order chi connectivity index (χ1) is 24.3. The lowest BCUT2D eigenvalue weighted by atomic mass is 9.92. The highest BCUT2D eigenvalue weighted by Gasteiger charge is 2.23. The Labute approximate surface area is 285 Å². The number of hydrogen-bond acceptors (Lipinski definition) is 2. The van der Waals surface area contributed by atoms with E-state index < -0.39 is 0 Å². The van der Waals surface area contributed by atoms with E-state index in [-0.39, 0.29) is 0 Å². The molecule has 3 heterocycles. The van der Waals surface area contributed by atoms with E-state index in [1.165, 1.54) is 0 Å². The Balaban J connectivity index is 1.40. The monoisotopic (exact) mass is 625 g/mol. The van der Waals surface area contributed by atoms with Crippen molar-refractivity contribution in [2.24, 2.45) is 0 Å². The molecule has 9 aromatic rings. The van der Waals surface area contributed by atoms with Crippen LogP contribution < -0.4 is 0 Å². The first-order valence-electron chi connectivity index (χ1n) is 16.6. The van der Waals surface area contributed by atoms with Crippen LogP contribution in [0.5, 0.6) is 0 Å². The van der Waals surface area contributed by atoms with E-state index in [9.17, 15) is 0 Å². The van der Waals surface area contributed by atoms with Gasteiger partial charge in [0.05, 0.1) is 22.6 Å². The summed E-state index contributed by atoms with van der Waals surface area (Å²) in [6.07, 6.45) is 0. The van der Waals surface area contributed by atoms with Crippen LogP contribution in [0, 0.1) is 0 Å². The molecule has 0 atom stereocenters. The summed E-state index contributed by atoms with van der Waals surface area (Å²) in [5.74, 6) is 0. The number of aromatic nitrogens is 3. The van der Waals surface area contributed by atoms with E-state index >= 15 is 0 Å². The average Bonchev–Trinajstić information content (AvgIpc) is 3.60. The molecule has 0 saturated heterocycles. The lowest BCUT2D eigenvalue weighted by molar-refractivity contribution is 0.979. The van der Waals surface area contributed by atoms with Crippen LogP contribution in [0.4, 0.5) is 0 Å². The van der Waals surface area contributed by atoms with Crippen LogP contribution in [0.1, 0.15) is 0 Å². The van der Waals surface area contributed by atoms with Crippen molar-refractivity contribution in [1.29, 1.82) is 0 Å². The number of pyridine rings is 2. The van der Waals surface area contributed by atoms with Gasteiger partial charge in [-0.25, -0.2) is 9.50 Å². The maximum absolute atomic E-state index is 5.40. The Kier molecular flexibility index (Phi) is 7.14. The van der Waals surface area contributed by atoms with E-state index in [4.69, 9.17) is 10.1 Å². The number of fused-ring (bicyclic) bond motifs is 3. The highest BCUT2D eigenvalue weighted by molar-refractivity contribution is 6.12. The van der Waals surface area contributed by atoms with Gasteiger partial charge in [-0.3, -0.25) is 0 Å². The number of benzene rings is 6. The van der Waals surface area contributed by atoms with Crippen LogP contribution in [-0.2, 0) is 0 Å². The predicted molar refractivity (Wildman–Crippen MR) is 203 cm³/mol. The normalized spacial score (nSPS) is 11.3. The highest BCUT2D eigenvalue weighted by atomic mass is 15.2. The molecule has 6 aromatic carbocycles. The second-order valence-electron chi connectivity index (χ2n) is 12.2. The Bertz CT molecular complexity index is 2500. The molecule has 3 heteroatoms. The molecule has 0 saturated carbocycles. The molecule has 0 unspecified atom stereocenters. The fourth-order valence-corrected chi connectivity index (χ4v) is 6.91. The minimum atomic E-state index is 0.944. The molecular weight excluding hydrogens is 595 g/mol. The molecule has 3 nitrogen and oxygen atoms in total. The van der Waals surface area contributed by atoms with Gasteiger partial charge in [0.15, 0.2) is 0 Å². The van der Waals surface area contributed by atoms with E-state index in [2.05, 4.69) is 180 Å². The fraction of sp³-hybridized carbons (Fsp3) is 0. The van der Waals surface area contributed by atoms with Crippen molar-refractivity contribution < 1.29 is 0 Å². The van der Waals surface area contributed by atoms with Crippen LogP contribution in [-0.4, -0.2) is 14.6 Å². The molecule has 0 N–H and O–H groups in total. The van der Waals surface area contributed by atoms with Crippen LogP contribution in [0.25, 0.3) is 83.6 Å². The summed E-state index contributed by atoms with van der Waals surface area (Å²) in [7, 11) is 0. The largest absolute Gasteiger partial charge is 0.248 e. The summed E-state index contributed by atoms with van der Waals surface area (Å²) >= 11 is 0. The first-order valence-corrected chi connectivity index (χ1v) is 16.6. The lowest BCUT2D eigenvalue weighted by Gasteiger charge is -2.15. The standard InChI is InChI=1S/C46H31N3/c1-6-17-32(18-7-1)41-29-37(30-42(47-41)33-19-8-2-9-20-33)38-27-16-28-39-40(38)31-43(34-21-10-3-11-22-34)49-46(39)44(35-23-12-4-13-24-35)45(48-49)36-25-14-5-15-26-36/h1-31H. The van der Waals surface area contributed by atoms with Crippen molar-refractivity contribution in [2.45, 2.75) is 0 Å². The quantitative estimate of drug-likeness (QED) is 0.184. The average molecular weight is 626 g/mol. The Morgan fingerprint density at radius 1 is 0.367 bits per heavy atom. The Morgan fingerprint density at radius 3 is 1.41 bits per heavy atom. The molecule has 230 valence electrons. The molecule has 0 aliphatic carbocycles. The van der Waals surface area contributed by atoms with Crippen molar-refractivity contribution >= 4 is 16.3 Å². The first kappa shape index (κ1) is 28.6. The van der Waals surface area contributed by atoms with Gasteiger partial charge in [-0.1, -0.05) is 170 Å². The molecule has 0 aliphatic heterocycles. The van der Waals surface area contributed by atoms with Crippen LogP contribution in [0.3, 0.4) is 0 Å². The third-order valence-electron chi connectivity index (χ3n) is 9.21. The molecule has 49 heavy (non-hydrogen) atoms. The van der Waals surface area contributed by atoms with Gasteiger partial charge in [0.25, 0.3) is 0 Å². The highest BCUT2D eigenvalue weighted by Crippen LogP contribution is 2.43. The zero-order valence-electron chi connectivity index (χ0n) is 26.7. The molecule has 0 fully saturated rings. The maximum atomic E-state index is 5.40. The number of hydrogen-bond donors (Lipinski definition) is 0. The minimum absolute atomic E-state index is 0.944. The fourth-order valence-electron chi connectivity index (χ4n) is 6.91. The molecule has 3 aromatic heterocycles.